The van der Waals surface area contributed by atoms with Gasteiger partial charge in [-0.25, -0.2) is 0 Å². The number of rotatable bonds is 6. The molecule has 0 amide bonds. The number of nitrogens with zero attached hydrogens (tertiary/aromatic N) is 1. The van der Waals surface area contributed by atoms with Crippen LogP contribution in [0, 0.1) is 0 Å². The smallest absolute Gasteiger partial charge is 0.0547 e. The first-order chi connectivity index (χ1) is 28.0. The van der Waals surface area contributed by atoms with Gasteiger partial charge in [0.15, 0.2) is 0 Å². The molecule has 0 radical (unpaired) electrons. The Labute approximate surface area is 339 Å². The molecule has 0 N–H and O–H groups in total. The van der Waals surface area contributed by atoms with E-state index in [1.165, 1.54) is 130 Å². The average Bonchev–Trinajstić information content (AvgIpc) is 3.76. The fraction of sp³-hybridized carbons (Fsp3) is 0.164. The quantitative estimate of drug-likeness (QED) is 0.164. The van der Waals surface area contributed by atoms with Crippen LogP contribution in [0.2, 0.25) is 0 Å². The van der Waals surface area contributed by atoms with E-state index in [0.717, 1.165) is 0 Å². The molecule has 1 saturated carbocycles. The third-order valence-electron chi connectivity index (χ3n) is 13.1. The molecule has 2 aliphatic carbocycles. The summed E-state index contributed by atoms with van der Waals surface area (Å²) >= 11 is 1.91. The number of hydrogen-bond acceptors (Lipinski definition) is 2. The molecule has 276 valence electrons. The minimum atomic E-state index is -0.0724. The van der Waals surface area contributed by atoms with Crippen molar-refractivity contribution in [3.63, 3.8) is 0 Å². The van der Waals surface area contributed by atoms with E-state index in [9.17, 15) is 0 Å². The minimum absolute atomic E-state index is 0.0724. The number of benzene rings is 8. The molecule has 2 heteroatoms. The van der Waals surface area contributed by atoms with Crippen molar-refractivity contribution in [2.45, 2.75) is 57.3 Å². The number of fused-ring (bicyclic) bond motifs is 7. The normalized spacial score (nSPS) is 14.9. The minimum Gasteiger partial charge on any atom is -0.309 e. The Bertz CT molecular complexity index is 2980. The van der Waals surface area contributed by atoms with Gasteiger partial charge in [0, 0.05) is 48.0 Å². The predicted octanol–water partition coefficient (Wildman–Crippen LogP) is 16.4. The van der Waals surface area contributed by atoms with Gasteiger partial charge >= 0.3 is 0 Å². The zero-order valence-electron chi connectivity index (χ0n) is 32.6. The Morgan fingerprint density at radius 1 is 0.509 bits per heavy atom. The molecular formula is C55H45NS. The molecule has 2 aliphatic rings. The van der Waals surface area contributed by atoms with Gasteiger partial charge in [-0.3, -0.25) is 0 Å². The molecule has 8 aromatic carbocycles. The van der Waals surface area contributed by atoms with E-state index in [0.29, 0.717) is 5.92 Å². The van der Waals surface area contributed by atoms with Crippen LogP contribution in [0.5, 0.6) is 0 Å². The molecule has 0 atom stereocenters. The standard InChI is InChI=1S/C55H45NS/c1-55(2)48-26-13-11-22-42(48)47-35-40(30-31-49(47)55)56(50-32-29-39(36-16-5-3-6-17-36)34-46(50)37-18-7-4-8-19-37)51-33-28-38-20-9-10-21-41(38)53(51)45-25-15-24-44-43-23-12-14-27-52(43)57-54(44)45/h4,7-15,18-36H,3,5-6,16-17H2,1-2H3. The van der Waals surface area contributed by atoms with Crippen molar-refractivity contribution in [2.24, 2.45) is 0 Å². The zero-order valence-corrected chi connectivity index (χ0v) is 33.5. The maximum atomic E-state index is 2.59. The van der Waals surface area contributed by atoms with Crippen LogP contribution in [0.25, 0.3) is 64.3 Å². The van der Waals surface area contributed by atoms with Crippen molar-refractivity contribution in [2.75, 3.05) is 4.90 Å². The lowest BCUT2D eigenvalue weighted by atomic mass is 9.82. The summed E-state index contributed by atoms with van der Waals surface area (Å²) < 4.78 is 2.65. The predicted molar refractivity (Wildman–Crippen MR) is 246 cm³/mol. The average molecular weight is 752 g/mol. The summed E-state index contributed by atoms with van der Waals surface area (Å²) in [6, 6.07) is 64.3. The zero-order chi connectivity index (χ0) is 38.1. The van der Waals surface area contributed by atoms with Crippen molar-refractivity contribution in [3.8, 4) is 33.4 Å². The van der Waals surface area contributed by atoms with E-state index in [4.69, 9.17) is 0 Å². The molecular weight excluding hydrogens is 707 g/mol. The summed E-state index contributed by atoms with van der Waals surface area (Å²) in [7, 11) is 0. The van der Waals surface area contributed by atoms with Gasteiger partial charge in [0.2, 0.25) is 0 Å². The van der Waals surface area contributed by atoms with Gasteiger partial charge in [-0.05, 0) is 99.3 Å². The van der Waals surface area contributed by atoms with Crippen LogP contribution in [-0.4, -0.2) is 0 Å². The third-order valence-corrected chi connectivity index (χ3v) is 14.3. The first-order valence-electron chi connectivity index (χ1n) is 20.7. The maximum absolute atomic E-state index is 2.59. The molecule has 0 saturated heterocycles. The summed E-state index contributed by atoms with van der Waals surface area (Å²) in [6.45, 7) is 4.75. The largest absolute Gasteiger partial charge is 0.309 e. The summed E-state index contributed by atoms with van der Waals surface area (Å²) in [5, 5.41) is 5.15. The van der Waals surface area contributed by atoms with Gasteiger partial charge in [0.25, 0.3) is 0 Å². The number of thiophene rings is 1. The van der Waals surface area contributed by atoms with Crippen molar-refractivity contribution >= 4 is 59.3 Å². The van der Waals surface area contributed by atoms with Crippen LogP contribution >= 0.6 is 11.3 Å². The van der Waals surface area contributed by atoms with E-state index < -0.39 is 0 Å². The van der Waals surface area contributed by atoms with Gasteiger partial charge < -0.3 is 4.90 Å². The summed E-state index contributed by atoms with van der Waals surface area (Å²) in [6.07, 6.45) is 6.52. The van der Waals surface area contributed by atoms with E-state index in [-0.39, 0.29) is 5.41 Å². The first-order valence-corrected chi connectivity index (χ1v) is 21.5. The van der Waals surface area contributed by atoms with Crippen LogP contribution in [0.3, 0.4) is 0 Å². The van der Waals surface area contributed by atoms with Crippen LogP contribution in [0.1, 0.15) is 68.6 Å². The van der Waals surface area contributed by atoms with Crippen LogP contribution < -0.4 is 4.90 Å². The molecule has 9 aromatic rings. The molecule has 1 nitrogen and oxygen atoms in total. The molecule has 0 unspecified atom stereocenters. The third kappa shape index (κ3) is 5.57. The van der Waals surface area contributed by atoms with Gasteiger partial charge in [0.1, 0.15) is 0 Å². The van der Waals surface area contributed by atoms with E-state index in [2.05, 4.69) is 189 Å². The topological polar surface area (TPSA) is 3.24 Å². The molecule has 1 fully saturated rings. The highest BCUT2D eigenvalue weighted by Gasteiger charge is 2.36. The Morgan fingerprint density at radius 2 is 1.21 bits per heavy atom. The van der Waals surface area contributed by atoms with Crippen LogP contribution in [-0.2, 0) is 5.41 Å². The Hall–Kier alpha value is -5.96. The van der Waals surface area contributed by atoms with Gasteiger partial charge in [-0.15, -0.1) is 11.3 Å². The highest BCUT2D eigenvalue weighted by Crippen LogP contribution is 2.54. The maximum Gasteiger partial charge on any atom is 0.0547 e. The van der Waals surface area contributed by atoms with Crippen LogP contribution in [0.4, 0.5) is 17.1 Å². The molecule has 0 spiro atoms. The van der Waals surface area contributed by atoms with E-state index >= 15 is 0 Å². The molecule has 0 bridgehead atoms. The van der Waals surface area contributed by atoms with Crippen molar-refractivity contribution in [1.82, 2.24) is 0 Å². The Balaban J connectivity index is 1.23. The van der Waals surface area contributed by atoms with Crippen molar-refractivity contribution in [3.05, 3.63) is 187 Å². The van der Waals surface area contributed by atoms with E-state index in [1.807, 2.05) is 11.3 Å². The van der Waals surface area contributed by atoms with Gasteiger partial charge in [-0.1, -0.05) is 167 Å². The highest BCUT2D eigenvalue weighted by molar-refractivity contribution is 7.26. The summed E-state index contributed by atoms with van der Waals surface area (Å²) in [4.78, 5) is 2.59. The molecule has 11 rings (SSSR count). The monoisotopic (exact) mass is 751 g/mol. The molecule has 57 heavy (non-hydrogen) atoms. The number of hydrogen-bond donors (Lipinski definition) is 0. The van der Waals surface area contributed by atoms with Gasteiger partial charge in [-0.2, -0.15) is 0 Å². The second-order valence-corrected chi connectivity index (χ2v) is 17.7. The van der Waals surface area contributed by atoms with Crippen molar-refractivity contribution in [1.29, 1.82) is 0 Å². The lowest BCUT2D eigenvalue weighted by molar-refractivity contribution is 0.444. The molecule has 1 heterocycles. The van der Waals surface area contributed by atoms with E-state index in [1.54, 1.807) is 0 Å². The van der Waals surface area contributed by atoms with Crippen LogP contribution in [0.15, 0.2) is 170 Å². The SMILES string of the molecule is CC1(C)c2ccccc2-c2cc(N(c3ccc(C4CCCCC4)cc3-c3ccccc3)c3ccc4ccccc4c3-c3cccc4c3sc3ccccc34)ccc21. The first kappa shape index (κ1) is 34.3. The lowest BCUT2D eigenvalue weighted by Crippen LogP contribution is -2.16. The Kier molecular flexibility index (Phi) is 8.19. The lowest BCUT2D eigenvalue weighted by Gasteiger charge is -2.32. The summed E-state index contributed by atoms with van der Waals surface area (Å²) in [5.74, 6) is 0.601. The fourth-order valence-corrected chi connectivity index (χ4v) is 11.4. The molecule has 1 aromatic heterocycles. The second-order valence-electron chi connectivity index (χ2n) is 16.7. The fourth-order valence-electron chi connectivity index (χ4n) is 10.2. The van der Waals surface area contributed by atoms with Crippen molar-refractivity contribution < 1.29 is 0 Å². The molecule has 0 aliphatic heterocycles. The second kappa shape index (κ2) is 13.6. The number of anilines is 3. The van der Waals surface area contributed by atoms with Gasteiger partial charge in [0.05, 0.1) is 11.4 Å². The Morgan fingerprint density at radius 3 is 2.09 bits per heavy atom. The summed E-state index contributed by atoms with van der Waals surface area (Å²) in [5.41, 5.74) is 15.5. The highest BCUT2D eigenvalue weighted by atomic mass is 32.1.